The summed E-state index contributed by atoms with van der Waals surface area (Å²) in [4.78, 5) is 11.7. The van der Waals surface area contributed by atoms with Gasteiger partial charge >= 0.3 is 5.97 Å². The third-order valence-corrected chi connectivity index (χ3v) is 6.58. The predicted molar refractivity (Wildman–Crippen MR) is 79.0 cm³/mol. The summed E-state index contributed by atoms with van der Waals surface area (Å²) in [7, 11) is -3.70. The summed E-state index contributed by atoms with van der Waals surface area (Å²) in [6, 6.07) is 4.62. The van der Waals surface area contributed by atoms with Crippen molar-refractivity contribution in [3.05, 3.63) is 39.4 Å². The lowest BCUT2D eigenvalue weighted by Crippen LogP contribution is -2.27. The molecule has 108 valence electrons. The molecule has 2 heterocycles. The molecule has 2 aromatic heterocycles. The third kappa shape index (κ3) is 3.26. The van der Waals surface area contributed by atoms with Crippen LogP contribution in [0.4, 0.5) is 0 Å². The molecule has 1 unspecified atom stereocenters. The molecule has 20 heavy (non-hydrogen) atoms. The summed E-state index contributed by atoms with van der Waals surface area (Å²) in [5, 5.41) is 12.0. The zero-order chi connectivity index (χ0) is 14.8. The molecule has 0 fully saturated rings. The standard InChI is InChI=1S/C12H13NO4S3/c1-2-9(10-4-3-5-18-10)13-20(16,17)11-6-8(7-19-11)12(14)15/h3-7,9,13H,2H2,1H3,(H,14,15). The van der Waals surface area contributed by atoms with E-state index in [0.29, 0.717) is 6.42 Å². The van der Waals surface area contributed by atoms with E-state index in [4.69, 9.17) is 5.11 Å². The van der Waals surface area contributed by atoms with Gasteiger partial charge in [-0.15, -0.1) is 22.7 Å². The zero-order valence-electron chi connectivity index (χ0n) is 10.6. The maximum Gasteiger partial charge on any atom is 0.336 e. The van der Waals surface area contributed by atoms with Crippen molar-refractivity contribution in [2.75, 3.05) is 0 Å². The quantitative estimate of drug-likeness (QED) is 0.852. The fourth-order valence-electron chi connectivity index (χ4n) is 1.65. The van der Waals surface area contributed by atoms with Crippen molar-refractivity contribution < 1.29 is 18.3 Å². The fraction of sp³-hybridized carbons (Fsp3) is 0.250. The molecular weight excluding hydrogens is 318 g/mol. The van der Waals surface area contributed by atoms with Crippen molar-refractivity contribution in [1.82, 2.24) is 4.72 Å². The van der Waals surface area contributed by atoms with Crippen LogP contribution in [0.3, 0.4) is 0 Å². The van der Waals surface area contributed by atoms with Gasteiger partial charge in [0.25, 0.3) is 10.0 Å². The minimum atomic E-state index is -3.70. The van der Waals surface area contributed by atoms with Gasteiger partial charge in [-0.3, -0.25) is 0 Å². The van der Waals surface area contributed by atoms with E-state index < -0.39 is 16.0 Å². The van der Waals surface area contributed by atoms with Gasteiger partial charge in [0, 0.05) is 10.3 Å². The second kappa shape index (κ2) is 6.04. The SMILES string of the molecule is CCC(NS(=O)(=O)c1cc(C(=O)O)cs1)c1cccs1. The molecule has 0 aliphatic carbocycles. The lowest BCUT2D eigenvalue weighted by atomic mass is 10.2. The van der Waals surface area contributed by atoms with E-state index in [0.717, 1.165) is 16.2 Å². The number of hydrogen-bond donors (Lipinski definition) is 2. The number of carboxylic acid groups (broad SMARTS) is 1. The molecule has 0 amide bonds. The molecule has 2 aromatic rings. The van der Waals surface area contributed by atoms with Gasteiger partial charge in [0.2, 0.25) is 0 Å². The van der Waals surface area contributed by atoms with Crippen molar-refractivity contribution in [2.45, 2.75) is 23.6 Å². The number of sulfonamides is 1. The number of carbonyl (C=O) groups is 1. The van der Waals surface area contributed by atoms with E-state index in [2.05, 4.69) is 4.72 Å². The van der Waals surface area contributed by atoms with Gasteiger partial charge in [-0.25, -0.2) is 17.9 Å². The van der Waals surface area contributed by atoms with E-state index in [1.807, 2.05) is 24.4 Å². The Kier molecular flexibility index (Phi) is 4.59. The topological polar surface area (TPSA) is 83.5 Å². The van der Waals surface area contributed by atoms with Crippen LogP contribution in [0.25, 0.3) is 0 Å². The highest BCUT2D eigenvalue weighted by atomic mass is 32.2. The van der Waals surface area contributed by atoms with Crippen LogP contribution in [-0.4, -0.2) is 19.5 Å². The molecule has 0 bridgehead atoms. The van der Waals surface area contributed by atoms with E-state index >= 15 is 0 Å². The average Bonchev–Trinajstić information content (AvgIpc) is 3.06. The zero-order valence-corrected chi connectivity index (χ0v) is 13.0. The molecule has 0 aromatic carbocycles. The van der Waals surface area contributed by atoms with Gasteiger partial charge in [-0.2, -0.15) is 0 Å². The summed E-state index contributed by atoms with van der Waals surface area (Å²) < 4.78 is 27.1. The van der Waals surface area contributed by atoms with E-state index in [1.165, 1.54) is 22.8 Å². The van der Waals surface area contributed by atoms with Crippen molar-refractivity contribution in [1.29, 1.82) is 0 Å². The maximum atomic E-state index is 12.2. The van der Waals surface area contributed by atoms with Crippen molar-refractivity contribution >= 4 is 38.7 Å². The molecule has 0 spiro atoms. The first kappa shape index (κ1) is 15.2. The highest BCUT2D eigenvalue weighted by Crippen LogP contribution is 2.26. The molecule has 5 nitrogen and oxygen atoms in total. The van der Waals surface area contributed by atoms with Crippen LogP contribution in [0.15, 0.2) is 33.2 Å². The lowest BCUT2D eigenvalue weighted by Gasteiger charge is -2.14. The highest BCUT2D eigenvalue weighted by molar-refractivity contribution is 7.91. The summed E-state index contributed by atoms with van der Waals surface area (Å²) in [6.45, 7) is 1.89. The minimum Gasteiger partial charge on any atom is -0.478 e. The van der Waals surface area contributed by atoms with Crippen LogP contribution in [0.1, 0.15) is 34.6 Å². The van der Waals surface area contributed by atoms with Crippen molar-refractivity contribution in [3.63, 3.8) is 0 Å². The van der Waals surface area contributed by atoms with Crippen LogP contribution in [-0.2, 0) is 10.0 Å². The Balaban J connectivity index is 2.23. The van der Waals surface area contributed by atoms with Crippen molar-refractivity contribution in [3.8, 4) is 0 Å². The van der Waals surface area contributed by atoms with E-state index in [-0.39, 0.29) is 15.8 Å². The normalized spacial score (nSPS) is 13.2. The molecule has 1 atom stereocenters. The molecule has 0 radical (unpaired) electrons. The lowest BCUT2D eigenvalue weighted by molar-refractivity contribution is 0.0697. The summed E-state index contributed by atoms with van der Waals surface area (Å²) in [5.41, 5.74) is -0.0143. The Hall–Kier alpha value is -1.22. The van der Waals surface area contributed by atoms with Crippen LogP contribution in [0.5, 0.6) is 0 Å². The molecule has 2 rings (SSSR count). The first-order chi connectivity index (χ1) is 9.44. The fourth-order valence-corrected chi connectivity index (χ4v) is 5.05. The number of thiophene rings is 2. The Morgan fingerprint density at radius 1 is 1.45 bits per heavy atom. The number of hydrogen-bond acceptors (Lipinski definition) is 5. The Morgan fingerprint density at radius 3 is 2.70 bits per heavy atom. The van der Waals surface area contributed by atoms with Gasteiger partial charge < -0.3 is 5.11 Å². The van der Waals surface area contributed by atoms with Crippen LogP contribution >= 0.6 is 22.7 Å². The maximum absolute atomic E-state index is 12.2. The van der Waals surface area contributed by atoms with E-state index in [9.17, 15) is 13.2 Å². The largest absolute Gasteiger partial charge is 0.478 e. The highest BCUT2D eigenvalue weighted by Gasteiger charge is 2.23. The molecule has 0 saturated carbocycles. The number of carboxylic acids is 1. The molecule has 0 aliphatic heterocycles. The van der Waals surface area contributed by atoms with Gasteiger partial charge in [0.05, 0.1) is 11.6 Å². The van der Waals surface area contributed by atoms with Gasteiger partial charge in [0.1, 0.15) is 4.21 Å². The third-order valence-electron chi connectivity index (χ3n) is 2.68. The Morgan fingerprint density at radius 2 is 2.20 bits per heavy atom. The first-order valence-corrected chi connectivity index (χ1v) is 9.06. The molecule has 0 saturated heterocycles. The summed E-state index contributed by atoms with van der Waals surface area (Å²) in [5.74, 6) is -1.13. The smallest absolute Gasteiger partial charge is 0.336 e. The second-order valence-electron chi connectivity index (χ2n) is 4.06. The van der Waals surface area contributed by atoms with E-state index in [1.54, 1.807) is 0 Å². The molecule has 0 aliphatic rings. The average molecular weight is 331 g/mol. The van der Waals surface area contributed by atoms with Crippen LogP contribution in [0.2, 0.25) is 0 Å². The Labute approximate surface area is 124 Å². The Bertz CT molecular complexity index is 688. The number of aromatic carboxylic acids is 1. The monoisotopic (exact) mass is 331 g/mol. The van der Waals surface area contributed by atoms with Gasteiger partial charge in [0.15, 0.2) is 0 Å². The van der Waals surface area contributed by atoms with Gasteiger partial charge in [-0.1, -0.05) is 13.0 Å². The van der Waals surface area contributed by atoms with Crippen molar-refractivity contribution in [2.24, 2.45) is 0 Å². The molecule has 8 heteroatoms. The minimum absolute atomic E-state index is 0.0143. The van der Waals surface area contributed by atoms with Crippen LogP contribution in [0, 0.1) is 0 Å². The van der Waals surface area contributed by atoms with Gasteiger partial charge in [-0.05, 0) is 23.9 Å². The predicted octanol–water partition coefficient (Wildman–Crippen LogP) is 2.94. The first-order valence-electron chi connectivity index (χ1n) is 5.81. The second-order valence-corrected chi connectivity index (χ2v) is 7.89. The number of nitrogens with one attached hydrogen (secondary N) is 1. The van der Waals surface area contributed by atoms with Crippen LogP contribution < -0.4 is 4.72 Å². The summed E-state index contributed by atoms with van der Waals surface area (Å²) in [6.07, 6.45) is 0.622. The molecular formula is C12H13NO4S3. The summed E-state index contributed by atoms with van der Waals surface area (Å²) >= 11 is 2.39. The molecule has 2 N–H and O–H groups in total. The number of rotatable bonds is 6.